The maximum absolute atomic E-state index is 5.89. The second-order valence-electron chi connectivity index (χ2n) is 3.67. The second kappa shape index (κ2) is 5.11. The van der Waals surface area contributed by atoms with Crippen molar-refractivity contribution in [3.05, 3.63) is 47.5 Å². The lowest BCUT2D eigenvalue weighted by Gasteiger charge is -2.11. The van der Waals surface area contributed by atoms with Gasteiger partial charge in [-0.3, -0.25) is 0 Å². The molecule has 0 aromatic heterocycles. The first kappa shape index (κ1) is 11.8. The van der Waals surface area contributed by atoms with Crippen LogP contribution in [0.4, 0.5) is 5.69 Å². The van der Waals surface area contributed by atoms with Gasteiger partial charge < -0.3 is 10.1 Å². The van der Waals surface area contributed by atoms with Crippen molar-refractivity contribution in [2.45, 2.75) is 0 Å². The molecular weight excluding hydrogens is 234 g/mol. The molecule has 2 rings (SSSR count). The van der Waals surface area contributed by atoms with Gasteiger partial charge >= 0.3 is 0 Å². The number of benzene rings is 2. The van der Waals surface area contributed by atoms with Gasteiger partial charge in [-0.05, 0) is 35.9 Å². The van der Waals surface area contributed by atoms with Crippen molar-refractivity contribution in [1.82, 2.24) is 0 Å². The Balaban J connectivity index is 2.51. The molecule has 0 aliphatic rings. The van der Waals surface area contributed by atoms with E-state index in [1.807, 2.05) is 43.4 Å². The van der Waals surface area contributed by atoms with Gasteiger partial charge in [-0.25, -0.2) is 0 Å². The van der Waals surface area contributed by atoms with E-state index >= 15 is 0 Å². The van der Waals surface area contributed by atoms with E-state index in [0.717, 1.165) is 27.6 Å². The zero-order valence-corrected chi connectivity index (χ0v) is 10.6. The molecule has 0 heterocycles. The van der Waals surface area contributed by atoms with Gasteiger partial charge in [-0.2, -0.15) is 0 Å². The van der Waals surface area contributed by atoms with Gasteiger partial charge in [0, 0.05) is 23.3 Å². The Morgan fingerprint density at radius 2 is 1.76 bits per heavy atom. The van der Waals surface area contributed by atoms with Crippen molar-refractivity contribution in [2.24, 2.45) is 0 Å². The molecule has 2 aromatic rings. The minimum absolute atomic E-state index is 0.734. The van der Waals surface area contributed by atoms with Crippen LogP contribution in [-0.2, 0) is 0 Å². The van der Waals surface area contributed by atoms with Crippen molar-refractivity contribution in [3.63, 3.8) is 0 Å². The normalized spacial score (nSPS) is 10.1. The van der Waals surface area contributed by atoms with Gasteiger partial charge in [0.05, 0.1) is 7.11 Å². The van der Waals surface area contributed by atoms with Crippen LogP contribution in [0.2, 0.25) is 5.02 Å². The molecule has 3 heteroatoms. The van der Waals surface area contributed by atoms with E-state index in [9.17, 15) is 0 Å². The standard InChI is InChI=1S/C14H14ClNO/c1-16-12-7-8-14(17-2)13(9-12)10-3-5-11(15)6-4-10/h3-9,16H,1-2H3. The van der Waals surface area contributed by atoms with E-state index in [1.165, 1.54) is 0 Å². The second-order valence-corrected chi connectivity index (χ2v) is 4.11. The topological polar surface area (TPSA) is 21.3 Å². The Morgan fingerprint density at radius 3 is 2.35 bits per heavy atom. The SMILES string of the molecule is CNc1ccc(OC)c(-c2ccc(Cl)cc2)c1. The molecular formula is C14H14ClNO. The van der Waals surface area contributed by atoms with E-state index in [4.69, 9.17) is 16.3 Å². The number of methoxy groups -OCH3 is 1. The number of rotatable bonds is 3. The highest BCUT2D eigenvalue weighted by Crippen LogP contribution is 2.32. The van der Waals surface area contributed by atoms with Crippen LogP contribution < -0.4 is 10.1 Å². The first-order chi connectivity index (χ1) is 8.24. The van der Waals surface area contributed by atoms with Crippen molar-refractivity contribution in [3.8, 4) is 16.9 Å². The molecule has 1 N–H and O–H groups in total. The molecule has 2 nitrogen and oxygen atoms in total. The zero-order valence-electron chi connectivity index (χ0n) is 9.83. The number of ether oxygens (including phenoxy) is 1. The number of anilines is 1. The molecule has 0 unspecified atom stereocenters. The average Bonchev–Trinajstić information content (AvgIpc) is 2.39. The fraction of sp³-hybridized carbons (Fsp3) is 0.143. The molecule has 0 fully saturated rings. The predicted octanol–water partition coefficient (Wildman–Crippen LogP) is 4.06. The molecule has 17 heavy (non-hydrogen) atoms. The lowest BCUT2D eigenvalue weighted by atomic mass is 10.0. The third kappa shape index (κ3) is 2.53. The largest absolute Gasteiger partial charge is 0.496 e. The number of hydrogen-bond donors (Lipinski definition) is 1. The Bertz CT molecular complexity index is 508. The third-order valence-corrected chi connectivity index (χ3v) is 2.90. The molecule has 0 radical (unpaired) electrons. The van der Waals surface area contributed by atoms with E-state index < -0.39 is 0 Å². The van der Waals surface area contributed by atoms with Gasteiger partial charge in [0.1, 0.15) is 5.75 Å². The quantitative estimate of drug-likeness (QED) is 0.883. The number of halogens is 1. The summed E-state index contributed by atoms with van der Waals surface area (Å²) in [5, 5.41) is 3.85. The summed E-state index contributed by atoms with van der Waals surface area (Å²) in [6, 6.07) is 13.7. The molecule has 0 atom stereocenters. The molecule has 0 bridgehead atoms. The maximum Gasteiger partial charge on any atom is 0.126 e. The minimum atomic E-state index is 0.734. The van der Waals surface area contributed by atoms with Gasteiger partial charge in [-0.15, -0.1) is 0 Å². The van der Waals surface area contributed by atoms with Crippen LogP contribution in [0.15, 0.2) is 42.5 Å². The maximum atomic E-state index is 5.89. The van der Waals surface area contributed by atoms with Gasteiger partial charge in [0.25, 0.3) is 0 Å². The van der Waals surface area contributed by atoms with Crippen molar-refractivity contribution < 1.29 is 4.74 Å². The summed E-state index contributed by atoms with van der Waals surface area (Å²) in [5.74, 6) is 0.853. The highest BCUT2D eigenvalue weighted by atomic mass is 35.5. The van der Waals surface area contributed by atoms with E-state index in [1.54, 1.807) is 7.11 Å². The summed E-state index contributed by atoms with van der Waals surface area (Å²) < 4.78 is 5.37. The van der Waals surface area contributed by atoms with Crippen LogP contribution in [0.1, 0.15) is 0 Å². The van der Waals surface area contributed by atoms with Crippen molar-refractivity contribution >= 4 is 17.3 Å². The monoisotopic (exact) mass is 247 g/mol. The first-order valence-corrected chi connectivity index (χ1v) is 5.74. The Labute approximate surface area is 106 Å². The summed E-state index contributed by atoms with van der Waals surface area (Å²) in [5.41, 5.74) is 3.19. The Kier molecular flexibility index (Phi) is 3.55. The molecule has 0 aliphatic heterocycles. The molecule has 0 saturated heterocycles. The number of nitrogens with one attached hydrogen (secondary N) is 1. The van der Waals surface area contributed by atoms with Crippen LogP contribution >= 0.6 is 11.6 Å². The molecule has 0 amide bonds. The van der Waals surface area contributed by atoms with E-state index in [-0.39, 0.29) is 0 Å². The summed E-state index contributed by atoms with van der Waals surface area (Å²) in [6.07, 6.45) is 0. The van der Waals surface area contributed by atoms with E-state index in [2.05, 4.69) is 11.4 Å². The minimum Gasteiger partial charge on any atom is -0.496 e. The van der Waals surface area contributed by atoms with Gasteiger partial charge in [0.2, 0.25) is 0 Å². The molecule has 2 aromatic carbocycles. The van der Waals surface area contributed by atoms with Crippen LogP contribution in [0.3, 0.4) is 0 Å². The average molecular weight is 248 g/mol. The smallest absolute Gasteiger partial charge is 0.126 e. The van der Waals surface area contributed by atoms with Crippen LogP contribution in [-0.4, -0.2) is 14.2 Å². The molecule has 0 aliphatic carbocycles. The van der Waals surface area contributed by atoms with E-state index in [0.29, 0.717) is 0 Å². The highest BCUT2D eigenvalue weighted by Gasteiger charge is 2.06. The molecule has 0 saturated carbocycles. The fourth-order valence-electron chi connectivity index (χ4n) is 1.72. The van der Waals surface area contributed by atoms with Crippen LogP contribution in [0.25, 0.3) is 11.1 Å². The lowest BCUT2D eigenvalue weighted by Crippen LogP contribution is -1.92. The third-order valence-electron chi connectivity index (χ3n) is 2.64. The van der Waals surface area contributed by atoms with Crippen molar-refractivity contribution in [1.29, 1.82) is 0 Å². The zero-order chi connectivity index (χ0) is 12.3. The lowest BCUT2D eigenvalue weighted by molar-refractivity contribution is 0.416. The van der Waals surface area contributed by atoms with Crippen molar-refractivity contribution in [2.75, 3.05) is 19.5 Å². The molecule has 0 spiro atoms. The van der Waals surface area contributed by atoms with Crippen LogP contribution in [0.5, 0.6) is 5.75 Å². The fourth-order valence-corrected chi connectivity index (χ4v) is 1.84. The predicted molar refractivity (Wildman–Crippen MR) is 73.0 cm³/mol. The summed E-state index contributed by atoms with van der Waals surface area (Å²) >= 11 is 5.89. The summed E-state index contributed by atoms with van der Waals surface area (Å²) in [7, 11) is 3.57. The Hall–Kier alpha value is -1.67. The summed E-state index contributed by atoms with van der Waals surface area (Å²) in [4.78, 5) is 0. The van der Waals surface area contributed by atoms with Crippen LogP contribution in [0, 0.1) is 0 Å². The number of hydrogen-bond acceptors (Lipinski definition) is 2. The van der Waals surface area contributed by atoms with Gasteiger partial charge in [-0.1, -0.05) is 23.7 Å². The van der Waals surface area contributed by atoms with Gasteiger partial charge in [0.15, 0.2) is 0 Å². The molecule has 88 valence electrons. The summed E-state index contributed by atoms with van der Waals surface area (Å²) in [6.45, 7) is 0. The highest BCUT2D eigenvalue weighted by molar-refractivity contribution is 6.30. The Morgan fingerprint density at radius 1 is 1.06 bits per heavy atom. The first-order valence-electron chi connectivity index (χ1n) is 5.36.